The van der Waals surface area contributed by atoms with Crippen molar-refractivity contribution in [1.29, 1.82) is 0 Å². The first kappa shape index (κ1) is 16.6. The smallest absolute Gasteiger partial charge is 0.264 e. The Labute approximate surface area is 148 Å². The van der Waals surface area contributed by atoms with Crippen LogP contribution in [-0.4, -0.2) is 38.2 Å². The Morgan fingerprint density at radius 3 is 2.85 bits per heavy atom. The molecule has 0 saturated carbocycles. The summed E-state index contributed by atoms with van der Waals surface area (Å²) < 4.78 is 21.3. The SMILES string of the molecule is O=c1ccc(CCc2nc(C3CCOC3)nn2-c2ccccc2F)n[nH]1. The molecule has 4 rings (SSSR count). The molecular weight excluding hydrogens is 337 g/mol. The Morgan fingerprint density at radius 1 is 1.23 bits per heavy atom. The first-order valence-electron chi connectivity index (χ1n) is 8.54. The summed E-state index contributed by atoms with van der Waals surface area (Å²) in [6.45, 7) is 1.28. The van der Waals surface area contributed by atoms with Crippen molar-refractivity contribution in [2.24, 2.45) is 0 Å². The molecule has 1 unspecified atom stereocenters. The summed E-state index contributed by atoms with van der Waals surface area (Å²) in [5, 5.41) is 11.0. The molecule has 1 atom stereocenters. The van der Waals surface area contributed by atoms with Crippen LogP contribution in [0, 0.1) is 5.82 Å². The number of nitrogens with one attached hydrogen (secondary N) is 1. The molecule has 1 N–H and O–H groups in total. The first-order chi connectivity index (χ1) is 12.7. The van der Waals surface area contributed by atoms with E-state index in [1.807, 2.05) is 0 Å². The standard InChI is InChI=1S/C18H18FN5O2/c19-14-3-1-2-4-15(14)24-16(7-5-13-6-8-17(25)22-21-13)20-18(23-24)12-9-10-26-11-12/h1-4,6,8,12H,5,7,9-11H2,(H,22,25). The Bertz CT molecular complexity index is 942. The van der Waals surface area contributed by atoms with E-state index < -0.39 is 0 Å². The number of rotatable bonds is 5. The number of para-hydroxylation sites is 1. The topological polar surface area (TPSA) is 85.7 Å². The third kappa shape index (κ3) is 3.41. The predicted molar refractivity (Wildman–Crippen MR) is 91.8 cm³/mol. The molecule has 0 spiro atoms. The van der Waals surface area contributed by atoms with Crippen LogP contribution in [0.4, 0.5) is 4.39 Å². The number of benzene rings is 1. The molecular formula is C18H18FN5O2. The number of hydrogen-bond donors (Lipinski definition) is 1. The Kier molecular flexibility index (Phi) is 4.57. The van der Waals surface area contributed by atoms with E-state index in [9.17, 15) is 9.18 Å². The van der Waals surface area contributed by atoms with Crippen LogP contribution in [0.3, 0.4) is 0 Å². The molecule has 1 aliphatic heterocycles. The predicted octanol–water partition coefficient (Wildman–Crippen LogP) is 1.78. The first-order valence-corrected chi connectivity index (χ1v) is 8.54. The van der Waals surface area contributed by atoms with Gasteiger partial charge in [0.05, 0.1) is 12.3 Å². The second-order valence-electron chi connectivity index (χ2n) is 6.22. The minimum absolute atomic E-state index is 0.132. The van der Waals surface area contributed by atoms with Gasteiger partial charge >= 0.3 is 0 Å². The van der Waals surface area contributed by atoms with E-state index in [2.05, 4.69) is 20.3 Å². The van der Waals surface area contributed by atoms with Crippen LogP contribution in [0.5, 0.6) is 0 Å². The van der Waals surface area contributed by atoms with Crippen molar-refractivity contribution in [3.8, 4) is 5.69 Å². The number of halogens is 1. The number of aromatic nitrogens is 5. The maximum Gasteiger partial charge on any atom is 0.264 e. The van der Waals surface area contributed by atoms with Gasteiger partial charge in [0, 0.05) is 25.0 Å². The summed E-state index contributed by atoms with van der Waals surface area (Å²) in [6.07, 6.45) is 1.95. The van der Waals surface area contributed by atoms with Crippen molar-refractivity contribution in [1.82, 2.24) is 25.0 Å². The van der Waals surface area contributed by atoms with E-state index in [-0.39, 0.29) is 17.3 Å². The molecule has 3 heterocycles. The molecule has 1 saturated heterocycles. The highest BCUT2D eigenvalue weighted by atomic mass is 19.1. The molecule has 134 valence electrons. The van der Waals surface area contributed by atoms with Gasteiger partial charge in [-0.3, -0.25) is 4.79 Å². The van der Waals surface area contributed by atoms with Crippen LogP contribution < -0.4 is 5.56 Å². The maximum atomic E-state index is 14.3. The number of aryl methyl sites for hydroxylation is 2. The number of hydrogen-bond acceptors (Lipinski definition) is 5. The molecule has 3 aromatic rings. The van der Waals surface area contributed by atoms with Gasteiger partial charge in [-0.25, -0.2) is 19.2 Å². The molecule has 1 aliphatic rings. The highest BCUT2D eigenvalue weighted by molar-refractivity contribution is 5.33. The van der Waals surface area contributed by atoms with Crippen LogP contribution in [0.25, 0.3) is 5.69 Å². The lowest BCUT2D eigenvalue weighted by atomic mass is 10.1. The summed E-state index contributed by atoms with van der Waals surface area (Å²) in [5.41, 5.74) is 0.861. The fourth-order valence-corrected chi connectivity index (χ4v) is 3.00. The van der Waals surface area contributed by atoms with E-state index in [1.165, 1.54) is 12.1 Å². The monoisotopic (exact) mass is 355 g/mol. The minimum Gasteiger partial charge on any atom is -0.381 e. The molecule has 0 amide bonds. The summed E-state index contributed by atoms with van der Waals surface area (Å²) in [4.78, 5) is 15.8. The Balaban J connectivity index is 1.65. The fourth-order valence-electron chi connectivity index (χ4n) is 3.00. The highest BCUT2D eigenvalue weighted by Gasteiger charge is 2.24. The normalized spacial score (nSPS) is 16.9. The molecule has 1 aromatic carbocycles. The molecule has 0 bridgehead atoms. The highest BCUT2D eigenvalue weighted by Crippen LogP contribution is 2.24. The number of aromatic amines is 1. The summed E-state index contributed by atoms with van der Waals surface area (Å²) in [7, 11) is 0. The summed E-state index contributed by atoms with van der Waals surface area (Å²) >= 11 is 0. The third-order valence-electron chi connectivity index (χ3n) is 4.41. The van der Waals surface area contributed by atoms with E-state index in [1.54, 1.807) is 28.9 Å². The van der Waals surface area contributed by atoms with Crippen LogP contribution in [0.2, 0.25) is 0 Å². The quantitative estimate of drug-likeness (QED) is 0.754. The largest absolute Gasteiger partial charge is 0.381 e. The molecule has 0 aliphatic carbocycles. The van der Waals surface area contributed by atoms with Gasteiger partial charge in [-0.1, -0.05) is 12.1 Å². The van der Waals surface area contributed by atoms with Crippen LogP contribution in [0.1, 0.15) is 29.7 Å². The minimum atomic E-state index is -0.352. The Hall–Kier alpha value is -2.87. The zero-order valence-corrected chi connectivity index (χ0v) is 14.1. The van der Waals surface area contributed by atoms with Crippen molar-refractivity contribution in [3.63, 3.8) is 0 Å². The van der Waals surface area contributed by atoms with E-state index in [4.69, 9.17) is 4.74 Å². The second-order valence-corrected chi connectivity index (χ2v) is 6.22. The molecule has 1 fully saturated rings. The molecule has 2 aromatic heterocycles. The zero-order valence-electron chi connectivity index (χ0n) is 14.1. The second kappa shape index (κ2) is 7.17. The van der Waals surface area contributed by atoms with Crippen molar-refractivity contribution in [2.45, 2.75) is 25.2 Å². The van der Waals surface area contributed by atoms with Gasteiger partial charge in [0.25, 0.3) is 5.56 Å². The maximum absolute atomic E-state index is 14.3. The lowest BCUT2D eigenvalue weighted by molar-refractivity contribution is 0.193. The van der Waals surface area contributed by atoms with E-state index >= 15 is 0 Å². The van der Waals surface area contributed by atoms with Crippen LogP contribution >= 0.6 is 0 Å². The van der Waals surface area contributed by atoms with Gasteiger partial charge in [-0.15, -0.1) is 0 Å². The van der Waals surface area contributed by atoms with Gasteiger partial charge in [0.2, 0.25) is 0 Å². The fraction of sp³-hybridized carbons (Fsp3) is 0.333. The molecule has 8 heteroatoms. The lowest BCUT2D eigenvalue weighted by Gasteiger charge is -2.06. The van der Waals surface area contributed by atoms with Gasteiger partial charge < -0.3 is 4.74 Å². The van der Waals surface area contributed by atoms with Crippen LogP contribution in [0.15, 0.2) is 41.2 Å². The van der Waals surface area contributed by atoms with Crippen molar-refractivity contribution >= 4 is 0 Å². The van der Waals surface area contributed by atoms with Crippen molar-refractivity contribution < 1.29 is 9.13 Å². The van der Waals surface area contributed by atoms with Gasteiger partial charge in [-0.2, -0.15) is 10.2 Å². The van der Waals surface area contributed by atoms with E-state index in [0.29, 0.717) is 43.4 Å². The number of H-pyrrole nitrogens is 1. The van der Waals surface area contributed by atoms with Gasteiger partial charge in [-0.05, 0) is 31.0 Å². The average Bonchev–Trinajstić information content (AvgIpc) is 3.31. The third-order valence-corrected chi connectivity index (χ3v) is 4.41. The Morgan fingerprint density at radius 2 is 2.12 bits per heavy atom. The van der Waals surface area contributed by atoms with Gasteiger partial charge in [0.1, 0.15) is 17.3 Å². The van der Waals surface area contributed by atoms with E-state index in [0.717, 1.165) is 12.1 Å². The van der Waals surface area contributed by atoms with Crippen molar-refractivity contribution in [3.05, 3.63) is 69.9 Å². The summed E-state index contributed by atoms with van der Waals surface area (Å²) in [6, 6.07) is 9.61. The zero-order chi connectivity index (χ0) is 17.9. The lowest BCUT2D eigenvalue weighted by Crippen LogP contribution is -2.10. The number of nitrogens with zero attached hydrogens (tertiary/aromatic N) is 4. The molecule has 7 nitrogen and oxygen atoms in total. The summed E-state index contributed by atoms with van der Waals surface area (Å²) in [5.74, 6) is 1.11. The molecule has 0 radical (unpaired) electrons. The average molecular weight is 355 g/mol. The number of ether oxygens (including phenoxy) is 1. The van der Waals surface area contributed by atoms with Gasteiger partial charge in [0.15, 0.2) is 5.82 Å². The van der Waals surface area contributed by atoms with Crippen molar-refractivity contribution in [2.75, 3.05) is 13.2 Å². The van der Waals surface area contributed by atoms with Crippen LogP contribution in [-0.2, 0) is 17.6 Å². The molecule has 26 heavy (non-hydrogen) atoms.